The molecule has 1 amide bonds. The Hall–Kier alpha value is -1.55. The van der Waals surface area contributed by atoms with Crippen molar-refractivity contribution in [3.05, 3.63) is 69.7 Å². The Labute approximate surface area is 157 Å². The molecule has 2 aromatic carbocycles. The van der Waals surface area contributed by atoms with Crippen molar-refractivity contribution in [2.45, 2.75) is 24.3 Å². The summed E-state index contributed by atoms with van der Waals surface area (Å²) >= 11 is 12.2. The van der Waals surface area contributed by atoms with Crippen molar-refractivity contribution < 1.29 is 4.79 Å². The highest BCUT2D eigenvalue weighted by Gasteiger charge is 2.48. The first kappa shape index (κ1) is 16.9. The predicted molar refractivity (Wildman–Crippen MR) is 101 cm³/mol. The zero-order valence-corrected chi connectivity index (χ0v) is 15.3. The maximum absolute atomic E-state index is 12.9. The first-order valence-corrected chi connectivity index (χ1v) is 9.34. The highest BCUT2D eigenvalue weighted by molar-refractivity contribution is 6.34. The van der Waals surface area contributed by atoms with Crippen molar-refractivity contribution in [1.82, 2.24) is 4.90 Å². The topological polar surface area (TPSA) is 46.3 Å². The van der Waals surface area contributed by atoms with Gasteiger partial charge in [0.2, 0.25) is 5.91 Å². The van der Waals surface area contributed by atoms with Crippen LogP contribution in [0.2, 0.25) is 10.0 Å². The average molecular weight is 375 g/mol. The predicted octanol–water partition coefficient (Wildman–Crippen LogP) is 4.05. The summed E-state index contributed by atoms with van der Waals surface area (Å²) in [6.45, 7) is 1.32. The fourth-order valence-corrected chi connectivity index (χ4v) is 4.46. The molecule has 1 heterocycles. The van der Waals surface area contributed by atoms with E-state index >= 15 is 0 Å². The average Bonchev–Trinajstić information content (AvgIpc) is 3.30. The molecule has 2 aromatic rings. The van der Waals surface area contributed by atoms with Crippen LogP contribution >= 0.6 is 23.2 Å². The van der Waals surface area contributed by atoms with Crippen LogP contribution in [-0.2, 0) is 4.79 Å². The lowest BCUT2D eigenvalue weighted by molar-refractivity contribution is -0.131. The van der Waals surface area contributed by atoms with Crippen molar-refractivity contribution in [2.24, 2.45) is 11.7 Å². The van der Waals surface area contributed by atoms with E-state index in [-0.39, 0.29) is 29.7 Å². The maximum atomic E-state index is 12.9. The van der Waals surface area contributed by atoms with Crippen LogP contribution in [0.15, 0.2) is 48.5 Å². The molecule has 1 aliphatic carbocycles. The third kappa shape index (κ3) is 3.41. The Kier molecular flexibility index (Phi) is 4.48. The summed E-state index contributed by atoms with van der Waals surface area (Å²) in [6.07, 6.45) is 0.858. The number of carbonyl (C=O) groups excluding carboxylic acids is 1. The lowest BCUT2D eigenvalue weighted by Crippen LogP contribution is -2.33. The van der Waals surface area contributed by atoms with E-state index in [1.54, 1.807) is 6.07 Å². The summed E-state index contributed by atoms with van der Waals surface area (Å²) in [5.41, 5.74) is 8.58. The zero-order valence-electron chi connectivity index (χ0n) is 13.7. The van der Waals surface area contributed by atoms with Crippen molar-refractivity contribution >= 4 is 29.1 Å². The van der Waals surface area contributed by atoms with E-state index in [2.05, 4.69) is 12.1 Å². The van der Waals surface area contributed by atoms with E-state index in [1.807, 2.05) is 35.2 Å². The molecular weight excluding hydrogens is 355 g/mol. The van der Waals surface area contributed by atoms with Gasteiger partial charge in [-0.2, -0.15) is 0 Å². The van der Waals surface area contributed by atoms with E-state index in [0.29, 0.717) is 23.1 Å². The van der Waals surface area contributed by atoms with Gasteiger partial charge < -0.3 is 10.6 Å². The van der Waals surface area contributed by atoms with Gasteiger partial charge in [0.05, 0.1) is 0 Å². The van der Waals surface area contributed by atoms with Crippen LogP contribution in [0.4, 0.5) is 0 Å². The molecule has 0 aromatic heterocycles. The summed E-state index contributed by atoms with van der Waals surface area (Å²) in [6, 6.07) is 15.7. The van der Waals surface area contributed by atoms with Gasteiger partial charge in [-0.3, -0.25) is 4.79 Å². The van der Waals surface area contributed by atoms with E-state index in [0.717, 1.165) is 12.0 Å². The third-order valence-corrected chi connectivity index (χ3v) is 5.76. The number of carbonyl (C=O) groups is 1. The molecule has 1 saturated heterocycles. The molecule has 5 heteroatoms. The van der Waals surface area contributed by atoms with Gasteiger partial charge in [-0.25, -0.2) is 0 Å². The van der Waals surface area contributed by atoms with Gasteiger partial charge in [-0.1, -0.05) is 53.5 Å². The Morgan fingerprint density at radius 1 is 0.960 bits per heavy atom. The molecule has 0 spiro atoms. The van der Waals surface area contributed by atoms with Gasteiger partial charge >= 0.3 is 0 Å². The van der Waals surface area contributed by atoms with E-state index in [4.69, 9.17) is 28.9 Å². The van der Waals surface area contributed by atoms with Crippen LogP contribution in [0.25, 0.3) is 0 Å². The molecule has 2 fully saturated rings. The number of amides is 1. The van der Waals surface area contributed by atoms with E-state index in [9.17, 15) is 4.79 Å². The van der Waals surface area contributed by atoms with Crippen molar-refractivity contribution in [3.63, 3.8) is 0 Å². The number of nitrogens with two attached hydrogens (primary N) is 1. The summed E-state index contributed by atoms with van der Waals surface area (Å²) < 4.78 is 0. The standard InChI is InChI=1S/C20H20Cl2N2O/c21-14-6-13(7-15(22)8-14)16-9-17(16)20(25)24-10-18(19(23)11-24)12-4-2-1-3-5-12/h1-8,16-19H,9-11,23H2/t16?,17?,18-,19+/m0/s1. The number of rotatable bonds is 3. The van der Waals surface area contributed by atoms with E-state index < -0.39 is 0 Å². The molecule has 130 valence electrons. The fraction of sp³-hybridized carbons (Fsp3) is 0.350. The van der Waals surface area contributed by atoms with Crippen molar-refractivity contribution in [3.8, 4) is 0 Å². The van der Waals surface area contributed by atoms with Gasteiger partial charge in [-0.15, -0.1) is 0 Å². The quantitative estimate of drug-likeness (QED) is 0.880. The second-order valence-corrected chi connectivity index (χ2v) is 7.95. The smallest absolute Gasteiger partial charge is 0.226 e. The fourth-order valence-electron chi connectivity index (χ4n) is 3.92. The maximum Gasteiger partial charge on any atom is 0.226 e. The summed E-state index contributed by atoms with van der Waals surface area (Å²) in [5.74, 6) is 0.657. The monoisotopic (exact) mass is 374 g/mol. The van der Waals surface area contributed by atoms with Gasteiger partial charge in [-0.05, 0) is 41.7 Å². The molecule has 1 saturated carbocycles. The number of likely N-dealkylation sites (tertiary alicyclic amines) is 1. The zero-order chi connectivity index (χ0) is 17.6. The third-order valence-electron chi connectivity index (χ3n) is 5.33. The van der Waals surface area contributed by atoms with Gasteiger partial charge in [0.1, 0.15) is 0 Å². The SMILES string of the molecule is N[C@@H]1CN(C(=O)C2CC2c2cc(Cl)cc(Cl)c2)C[C@H]1c1ccccc1. The first-order valence-electron chi connectivity index (χ1n) is 8.58. The Morgan fingerprint density at radius 2 is 1.64 bits per heavy atom. The number of hydrogen-bond acceptors (Lipinski definition) is 2. The molecule has 2 N–H and O–H groups in total. The molecule has 0 bridgehead atoms. The normalized spacial score (nSPS) is 28.2. The minimum Gasteiger partial charge on any atom is -0.340 e. The number of nitrogens with zero attached hydrogens (tertiary/aromatic N) is 1. The second-order valence-electron chi connectivity index (χ2n) is 7.08. The largest absolute Gasteiger partial charge is 0.340 e. The minimum atomic E-state index is -0.0100. The molecular formula is C20H20Cl2N2O. The lowest BCUT2D eigenvalue weighted by atomic mass is 9.95. The van der Waals surface area contributed by atoms with Crippen LogP contribution < -0.4 is 5.73 Å². The molecule has 2 unspecified atom stereocenters. The molecule has 3 nitrogen and oxygen atoms in total. The van der Waals surface area contributed by atoms with Crippen LogP contribution in [0.5, 0.6) is 0 Å². The molecule has 0 radical (unpaired) electrons. The van der Waals surface area contributed by atoms with Crippen LogP contribution in [0.1, 0.15) is 29.4 Å². The van der Waals surface area contributed by atoms with Crippen LogP contribution in [-0.4, -0.2) is 29.9 Å². The lowest BCUT2D eigenvalue weighted by Gasteiger charge is -2.16. The van der Waals surface area contributed by atoms with Crippen LogP contribution in [0.3, 0.4) is 0 Å². The minimum absolute atomic E-state index is 0.0100. The Balaban J connectivity index is 1.44. The first-order chi connectivity index (χ1) is 12.0. The van der Waals surface area contributed by atoms with E-state index in [1.165, 1.54) is 5.56 Å². The highest BCUT2D eigenvalue weighted by Crippen LogP contribution is 2.50. The summed E-state index contributed by atoms with van der Waals surface area (Å²) in [7, 11) is 0. The van der Waals surface area contributed by atoms with Gasteiger partial charge in [0.25, 0.3) is 0 Å². The Morgan fingerprint density at radius 3 is 2.32 bits per heavy atom. The molecule has 25 heavy (non-hydrogen) atoms. The number of hydrogen-bond donors (Lipinski definition) is 1. The molecule has 4 atom stereocenters. The number of benzene rings is 2. The Bertz CT molecular complexity index is 775. The molecule has 4 rings (SSSR count). The van der Waals surface area contributed by atoms with Crippen molar-refractivity contribution in [2.75, 3.05) is 13.1 Å². The summed E-state index contributed by atoms with van der Waals surface area (Å²) in [5, 5.41) is 1.24. The summed E-state index contributed by atoms with van der Waals surface area (Å²) in [4.78, 5) is 14.8. The second kappa shape index (κ2) is 6.64. The molecule has 1 aliphatic heterocycles. The molecule has 2 aliphatic rings. The highest BCUT2D eigenvalue weighted by atomic mass is 35.5. The number of halogens is 2. The van der Waals surface area contributed by atoms with Crippen molar-refractivity contribution in [1.29, 1.82) is 0 Å². The van der Waals surface area contributed by atoms with Gasteiger partial charge in [0.15, 0.2) is 0 Å². The van der Waals surface area contributed by atoms with Gasteiger partial charge in [0, 0.05) is 41.0 Å². The van der Waals surface area contributed by atoms with Crippen LogP contribution in [0, 0.1) is 5.92 Å².